The second-order valence-corrected chi connectivity index (χ2v) is 6.75. The van der Waals surface area contributed by atoms with E-state index in [1.807, 2.05) is 17.0 Å². The first kappa shape index (κ1) is 20.5. The quantitative estimate of drug-likeness (QED) is 0.748. The van der Waals surface area contributed by atoms with Crippen LogP contribution < -0.4 is 14.2 Å². The maximum Gasteiger partial charge on any atom is 0.253 e. The molecule has 1 heterocycles. The third kappa shape index (κ3) is 4.44. The minimum absolute atomic E-state index is 0.0366. The van der Waals surface area contributed by atoms with Crippen LogP contribution in [0.3, 0.4) is 0 Å². The molecular formula is C22H25N3O4. The van der Waals surface area contributed by atoms with Gasteiger partial charge in [0, 0.05) is 43.9 Å². The number of carbonyl (C=O) groups is 1. The summed E-state index contributed by atoms with van der Waals surface area (Å²) in [5.74, 6) is 1.84. The molecule has 1 amide bonds. The molecule has 0 unspecified atom stereocenters. The van der Waals surface area contributed by atoms with Crippen LogP contribution in [-0.2, 0) is 6.54 Å². The van der Waals surface area contributed by atoms with E-state index < -0.39 is 0 Å². The first-order valence-electron chi connectivity index (χ1n) is 9.41. The van der Waals surface area contributed by atoms with Crippen LogP contribution in [0.5, 0.6) is 17.2 Å². The van der Waals surface area contributed by atoms with Crippen molar-refractivity contribution in [1.29, 1.82) is 5.26 Å². The molecule has 0 radical (unpaired) electrons. The van der Waals surface area contributed by atoms with E-state index in [4.69, 9.17) is 19.5 Å². The van der Waals surface area contributed by atoms with Crippen molar-refractivity contribution < 1.29 is 19.0 Å². The van der Waals surface area contributed by atoms with E-state index in [1.54, 1.807) is 45.6 Å². The van der Waals surface area contributed by atoms with E-state index in [9.17, 15) is 4.79 Å². The zero-order valence-corrected chi connectivity index (χ0v) is 17.0. The largest absolute Gasteiger partial charge is 0.493 e. The highest BCUT2D eigenvalue weighted by atomic mass is 16.5. The SMILES string of the molecule is COc1ccc(CN2CCN(C(=O)c3cccc(C#N)c3)CC2)c(OC)c1OC. The number of ether oxygens (including phenoxy) is 3. The monoisotopic (exact) mass is 395 g/mol. The fourth-order valence-corrected chi connectivity index (χ4v) is 3.54. The Hall–Kier alpha value is -3.24. The summed E-state index contributed by atoms with van der Waals surface area (Å²) in [7, 11) is 4.81. The minimum atomic E-state index is -0.0366. The number of piperazine rings is 1. The molecule has 3 rings (SSSR count). The van der Waals surface area contributed by atoms with Crippen LogP contribution in [-0.4, -0.2) is 63.2 Å². The number of methoxy groups -OCH3 is 3. The maximum atomic E-state index is 12.7. The molecule has 2 aromatic rings. The lowest BCUT2D eigenvalue weighted by Crippen LogP contribution is -2.48. The molecule has 1 fully saturated rings. The second kappa shape index (κ2) is 9.30. The van der Waals surface area contributed by atoms with Gasteiger partial charge in [-0.1, -0.05) is 12.1 Å². The lowest BCUT2D eigenvalue weighted by Gasteiger charge is -2.35. The highest BCUT2D eigenvalue weighted by molar-refractivity contribution is 5.94. The van der Waals surface area contributed by atoms with Gasteiger partial charge in [-0.3, -0.25) is 9.69 Å². The highest BCUT2D eigenvalue weighted by Crippen LogP contribution is 2.40. The molecule has 0 aliphatic carbocycles. The van der Waals surface area contributed by atoms with Crippen LogP contribution in [0.4, 0.5) is 0 Å². The van der Waals surface area contributed by atoms with Gasteiger partial charge in [0.2, 0.25) is 5.75 Å². The van der Waals surface area contributed by atoms with E-state index >= 15 is 0 Å². The summed E-state index contributed by atoms with van der Waals surface area (Å²) in [6, 6.07) is 12.8. The third-order valence-corrected chi connectivity index (χ3v) is 5.08. The molecule has 1 saturated heterocycles. The molecular weight excluding hydrogens is 370 g/mol. The second-order valence-electron chi connectivity index (χ2n) is 6.75. The van der Waals surface area contributed by atoms with Gasteiger partial charge in [0.15, 0.2) is 11.5 Å². The van der Waals surface area contributed by atoms with Crippen molar-refractivity contribution in [3.63, 3.8) is 0 Å². The summed E-state index contributed by atoms with van der Waals surface area (Å²) in [4.78, 5) is 16.8. The summed E-state index contributed by atoms with van der Waals surface area (Å²) in [5.41, 5.74) is 2.06. The molecule has 0 bridgehead atoms. The van der Waals surface area contributed by atoms with Crippen molar-refractivity contribution in [2.45, 2.75) is 6.54 Å². The number of hydrogen-bond donors (Lipinski definition) is 0. The Kier molecular flexibility index (Phi) is 6.57. The van der Waals surface area contributed by atoms with Crippen molar-refractivity contribution in [2.75, 3.05) is 47.5 Å². The Morgan fingerprint density at radius 1 is 1.00 bits per heavy atom. The molecule has 0 aromatic heterocycles. The fraction of sp³-hybridized carbons (Fsp3) is 0.364. The van der Waals surface area contributed by atoms with Gasteiger partial charge in [0.25, 0.3) is 5.91 Å². The van der Waals surface area contributed by atoms with Crippen molar-refractivity contribution in [2.24, 2.45) is 0 Å². The lowest BCUT2D eigenvalue weighted by molar-refractivity contribution is 0.0627. The van der Waals surface area contributed by atoms with E-state index in [0.29, 0.717) is 48.0 Å². The summed E-state index contributed by atoms with van der Waals surface area (Å²) in [5, 5.41) is 9.03. The van der Waals surface area contributed by atoms with E-state index in [2.05, 4.69) is 11.0 Å². The maximum absolute atomic E-state index is 12.7. The molecule has 2 aromatic carbocycles. The van der Waals surface area contributed by atoms with Crippen LogP contribution >= 0.6 is 0 Å². The van der Waals surface area contributed by atoms with E-state index in [-0.39, 0.29) is 5.91 Å². The molecule has 7 nitrogen and oxygen atoms in total. The number of nitriles is 1. The van der Waals surface area contributed by atoms with Crippen LogP contribution in [0, 0.1) is 11.3 Å². The molecule has 1 aliphatic rings. The smallest absolute Gasteiger partial charge is 0.253 e. The molecule has 0 atom stereocenters. The summed E-state index contributed by atoms with van der Waals surface area (Å²) in [6.45, 7) is 3.45. The molecule has 0 N–H and O–H groups in total. The van der Waals surface area contributed by atoms with Crippen LogP contribution in [0.1, 0.15) is 21.5 Å². The standard InChI is InChI=1S/C22H25N3O4/c1-27-19-8-7-18(20(28-2)21(19)29-3)15-24-9-11-25(12-10-24)22(26)17-6-4-5-16(13-17)14-23/h4-8,13H,9-12,15H2,1-3H3. The first-order valence-corrected chi connectivity index (χ1v) is 9.41. The van der Waals surface area contributed by atoms with Gasteiger partial charge < -0.3 is 19.1 Å². The van der Waals surface area contributed by atoms with Gasteiger partial charge in [-0.15, -0.1) is 0 Å². The van der Waals surface area contributed by atoms with Crippen molar-refractivity contribution >= 4 is 5.91 Å². The summed E-state index contributed by atoms with van der Waals surface area (Å²) >= 11 is 0. The summed E-state index contributed by atoms with van der Waals surface area (Å²) in [6.07, 6.45) is 0. The van der Waals surface area contributed by atoms with Crippen molar-refractivity contribution in [3.8, 4) is 23.3 Å². The predicted octanol–water partition coefficient (Wildman–Crippen LogP) is 2.54. The molecule has 0 saturated carbocycles. The average Bonchev–Trinajstić information content (AvgIpc) is 2.78. The zero-order valence-electron chi connectivity index (χ0n) is 17.0. The van der Waals surface area contributed by atoms with Gasteiger partial charge in [-0.05, 0) is 24.3 Å². The molecule has 152 valence electrons. The highest BCUT2D eigenvalue weighted by Gasteiger charge is 2.24. The minimum Gasteiger partial charge on any atom is -0.493 e. The Bertz CT molecular complexity index is 915. The van der Waals surface area contributed by atoms with Crippen LogP contribution in [0.25, 0.3) is 0 Å². The first-order chi connectivity index (χ1) is 14.1. The number of carbonyl (C=O) groups excluding carboxylic acids is 1. The topological polar surface area (TPSA) is 75.0 Å². The average molecular weight is 395 g/mol. The lowest BCUT2D eigenvalue weighted by atomic mass is 10.1. The van der Waals surface area contributed by atoms with Crippen LogP contribution in [0.15, 0.2) is 36.4 Å². The third-order valence-electron chi connectivity index (χ3n) is 5.08. The Labute approximate surface area is 171 Å². The van der Waals surface area contributed by atoms with Gasteiger partial charge in [0.1, 0.15) is 0 Å². The van der Waals surface area contributed by atoms with Crippen molar-refractivity contribution in [3.05, 3.63) is 53.1 Å². The number of nitrogens with zero attached hydrogens (tertiary/aromatic N) is 3. The number of amides is 1. The molecule has 1 aliphatic heterocycles. The van der Waals surface area contributed by atoms with Crippen molar-refractivity contribution in [1.82, 2.24) is 9.80 Å². The molecule has 0 spiro atoms. The van der Waals surface area contributed by atoms with E-state index in [0.717, 1.165) is 18.7 Å². The molecule has 7 heteroatoms. The van der Waals surface area contributed by atoms with Gasteiger partial charge in [-0.25, -0.2) is 0 Å². The normalized spacial score (nSPS) is 14.2. The van der Waals surface area contributed by atoms with E-state index in [1.165, 1.54) is 0 Å². The fourth-order valence-electron chi connectivity index (χ4n) is 3.54. The predicted molar refractivity (Wildman–Crippen MR) is 108 cm³/mol. The van der Waals surface area contributed by atoms with Gasteiger partial charge >= 0.3 is 0 Å². The Morgan fingerprint density at radius 2 is 1.72 bits per heavy atom. The number of benzene rings is 2. The van der Waals surface area contributed by atoms with Gasteiger partial charge in [-0.2, -0.15) is 5.26 Å². The summed E-state index contributed by atoms with van der Waals surface area (Å²) < 4.78 is 16.4. The van der Waals surface area contributed by atoms with Crippen LogP contribution in [0.2, 0.25) is 0 Å². The zero-order chi connectivity index (χ0) is 20.8. The Morgan fingerprint density at radius 3 is 2.34 bits per heavy atom. The number of rotatable bonds is 6. The Balaban J connectivity index is 1.66. The van der Waals surface area contributed by atoms with Gasteiger partial charge in [0.05, 0.1) is 33.0 Å². The number of hydrogen-bond acceptors (Lipinski definition) is 6. The molecule has 29 heavy (non-hydrogen) atoms.